The molecule has 1 aliphatic heterocycles. The zero-order chi connectivity index (χ0) is 20.7. The summed E-state index contributed by atoms with van der Waals surface area (Å²) < 4.78 is 13.7. The zero-order valence-corrected chi connectivity index (χ0v) is 16.4. The highest BCUT2D eigenvalue weighted by atomic mass is 19.1. The summed E-state index contributed by atoms with van der Waals surface area (Å²) in [5.74, 6) is -0.878. The molecule has 29 heavy (non-hydrogen) atoms. The number of carbonyl (C=O) groups excluding carboxylic acids is 2. The Bertz CT molecular complexity index is 1020. The number of aliphatic hydroxyl groups excluding tert-OH is 1. The molecule has 0 unspecified atom stereocenters. The van der Waals surface area contributed by atoms with Crippen LogP contribution in [0.15, 0.2) is 18.2 Å². The summed E-state index contributed by atoms with van der Waals surface area (Å²) in [5, 5.41) is 15.4. The molecule has 1 saturated carbocycles. The lowest BCUT2D eigenvalue weighted by Crippen LogP contribution is -2.38. The maximum Gasteiger partial charge on any atom is 0.256 e. The third kappa shape index (κ3) is 3.70. The van der Waals surface area contributed by atoms with Gasteiger partial charge in [0.05, 0.1) is 17.2 Å². The van der Waals surface area contributed by atoms with Crippen molar-refractivity contribution >= 4 is 29.2 Å². The van der Waals surface area contributed by atoms with Gasteiger partial charge in [-0.1, -0.05) is 0 Å². The number of hydrogen-bond donors (Lipinski definition) is 4. The van der Waals surface area contributed by atoms with Gasteiger partial charge in [-0.25, -0.2) is 4.39 Å². The van der Waals surface area contributed by atoms with Crippen LogP contribution in [0.3, 0.4) is 0 Å². The van der Waals surface area contributed by atoms with Crippen molar-refractivity contribution in [3.05, 3.63) is 52.1 Å². The summed E-state index contributed by atoms with van der Waals surface area (Å²) in [6.45, 7) is 3.64. The van der Waals surface area contributed by atoms with E-state index in [2.05, 4.69) is 15.6 Å². The predicted octanol–water partition coefficient (Wildman–Crippen LogP) is 3.30. The summed E-state index contributed by atoms with van der Waals surface area (Å²) >= 11 is 0. The van der Waals surface area contributed by atoms with Crippen LogP contribution in [0.5, 0.6) is 0 Å². The first-order valence-corrected chi connectivity index (χ1v) is 9.84. The molecule has 2 amide bonds. The first kappa shape index (κ1) is 19.4. The molecule has 0 spiro atoms. The first-order valence-electron chi connectivity index (χ1n) is 9.84. The fourth-order valence-corrected chi connectivity index (χ4v) is 4.18. The molecular formula is C22H24FN3O3. The Morgan fingerprint density at radius 3 is 2.69 bits per heavy atom. The van der Waals surface area contributed by atoms with Crippen LogP contribution in [-0.2, 0) is 4.79 Å². The fourth-order valence-electron chi connectivity index (χ4n) is 4.18. The van der Waals surface area contributed by atoms with Gasteiger partial charge in [-0.2, -0.15) is 0 Å². The molecule has 152 valence electrons. The minimum absolute atomic E-state index is 0.0527. The average molecular weight is 397 g/mol. The van der Waals surface area contributed by atoms with Gasteiger partial charge in [0, 0.05) is 28.7 Å². The standard InChI is InChI=1S/C22H24FN3O3/c1-11-19(10-17-16-9-13(23)3-8-18(16)26-21(17)28)24-12(2)20(11)22(29)25-14-4-6-15(27)7-5-14/h3,8-10,14-15,24,27H,4-7H2,1-2H3,(H,25,29)(H,26,28). The van der Waals surface area contributed by atoms with Gasteiger partial charge in [-0.05, 0) is 69.4 Å². The second kappa shape index (κ2) is 7.48. The summed E-state index contributed by atoms with van der Waals surface area (Å²) in [5.41, 5.74) is 4.09. The monoisotopic (exact) mass is 397 g/mol. The number of aromatic amines is 1. The molecule has 4 N–H and O–H groups in total. The summed E-state index contributed by atoms with van der Waals surface area (Å²) in [4.78, 5) is 28.4. The van der Waals surface area contributed by atoms with E-state index < -0.39 is 5.82 Å². The van der Waals surface area contributed by atoms with Gasteiger partial charge < -0.3 is 20.7 Å². The van der Waals surface area contributed by atoms with Crippen molar-refractivity contribution in [1.82, 2.24) is 10.3 Å². The normalized spacial score (nSPS) is 22.5. The highest BCUT2D eigenvalue weighted by molar-refractivity contribution is 6.34. The number of fused-ring (bicyclic) bond motifs is 1. The van der Waals surface area contributed by atoms with Crippen molar-refractivity contribution in [1.29, 1.82) is 0 Å². The fraction of sp³-hybridized carbons (Fsp3) is 0.364. The van der Waals surface area contributed by atoms with Crippen LogP contribution < -0.4 is 10.6 Å². The molecule has 1 aliphatic carbocycles. The van der Waals surface area contributed by atoms with E-state index >= 15 is 0 Å². The smallest absolute Gasteiger partial charge is 0.256 e. The van der Waals surface area contributed by atoms with E-state index in [4.69, 9.17) is 0 Å². The SMILES string of the molecule is Cc1[nH]c(C=C2C(=O)Nc3ccc(F)cc32)c(C)c1C(=O)NC1CCC(O)CC1. The molecule has 7 heteroatoms. The van der Waals surface area contributed by atoms with Gasteiger partial charge in [-0.3, -0.25) is 9.59 Å². The number of anilines is 1. The van der Waals surface area contributed by atoms with Gasteiger partial charge in [0.1, 0.15) is 5.82 Å². The van der Waals surface area contributed by atoms with Crippen LogP contribution in [0.25, 0.3) is 11.6 Å². The van der Waals surface area contributed by atoms with Crippen molar-refractivity contribution in [3.8, 4) is 0 Å². The Morgan fingerprint density at radius 2 is 1.97 bits per heavy atom. The highest BCUT2D eigenvalue weighted by Crippen LogP contribution is 2.34. The second-order valence-corrected chi connectivity index (χ2v) is 7.84. The van der Waals surface area contributed by atoms with Crippen molar-refractivity contribution in [2.45, 2.75) is 51.7 Å². The average Bonchev–Trinajstić information content (AvgIpc) is 3.13. The van der Waals surface area contributed by atoms with Crippen molar-refractivity contribution in [3.63, 3.8) is 0 Å². The van der Waals surface area contributed by atoms with E-state index in [-0.39, 0.29) is 24.0 Å². The largest absolute Gasteiger partial charge is 0.393 e. The molecule has 4 rings (SSSR count). The molecule has 1 aromatic carbocycles. The van der Waals surface area contributed by atoms with Crippen LogP contribution in [0, 0.1) is 19.7 Å². The number of aryl methyl sites for hydroxylation is 1. The second-order valence-electron chi connectivity index (χ2n) is 7.84. The van der Waals surface area contributed by atoms with Crippen LogP contribution in [0.1, 0.15) is 58.6 Å². The number of benzene rings is 1. The lowest BCUT2D eigenvalue weighted by atomic mass is 9.93. The van der Waals surface area contributed by atoms with Gasteiger partial charge in [0.2, 0.25) is 0 Å². The Balaban J connectivity index is 1.61. The molecule has 0 saturated heterocycles. The number of H-pyrrole nitrogens is 1. The molecule has 0 atom stereocenters. The van der Waals surface area contributed by atoms with Crippen LogP contribution >= 0.6 is 0 Å². The maximum atomic E-state index is 13.7. The lowest BCUT2D eigenvalue weighted by molar-refractivity contribution is -0.110. The zero-order valence-electron chi connectivity index (χ0n) is 16.4. The van der Waals surface area contributed by atoms with Gasteiger partial charge >= 0.3 is 0 Å². The minimum Gasteiger partial charge on any atom is -0.393 e. The topological polar surface area (TPSA) is 94.2 Å². The van der Waals surface area contributed by atoms with Gasteiger partial charge in [-0.15, -0.1) is 0 Å². The lowest BCUT2D eigenvalue weighted by Gasteiger charge is -2.26. The van der Waals surface area contributed by atoms with E-state index in [0.717, 1.165) is 18.4 Å². The third-order valence-electron chi connectivity index (χ3n) is 5.79. The number of rotatable bonds is 3. The molecule has 2 aliphatic rings. The molecular weight excluding hydrogens is 373 g/mol. The van der Waals surface area contributed by atoms with Gasteiger partial charge in [0.25, 0.3) is 11.8 Å². The predicted molar refractivity (Wildman–Crippen MR) is 109 cm³/mol. The Morgan fingerprint density at radius 1 is 1.24 bits per heavy atom. The van der Waals surface area contributed by atoms with E-state index in [9.17, 15) is 19.1 Å². The summed E-state index contributed by atoms with van der Waals surface area (Å²) in [6.07, 6.45) is 4.29. The maximum absolute atomic E-state index is 13.7. The molecule has 2 heterocycles. The summed E-state index contributed by atoms with van der Waals surface area (Å²) in [7, 11) is 0. The molecule has 6 nitrogen and oxygen atoms in total. The van der Waals surface area contributed by atoms with Crippen molar-refractivity contribution in [2.24, 2.45) is 0 Å². The summed E-state index contributed by atoms with van der Waals surface area (Å²) in [6, 6.07) is 4.22. The van der Waals surface area contributed by atoms with Crippen molar-refractivity contribution in [2.75, 3.05) is 5.32 Å². The third-order valence-corrected chi connectivity index (χ3v) is 5.79. The Labute approximate surface area is 168 Å². The van der Waals surface area contributed by atoms with E-state index in [0.29, 0.717) is 46.6 Å². The molecule has 2 aromatic rings. The van der Waals surface area contributed by atoms with Crippen molar-refractivity contribution < 1.29 is 19.1 Å². The van der Waals surface area contributed by atoms with Gasteiger partial charge in [0.15, 0.2) is 0 Å². The Hall–Kier alpha value is -2.93. The number of hydrogen-bond acceptors (Lipinski definition) is 3. The quantitative estimate of drug-likeness (QED) is 0.599. The Kier molecular flexibility index (Phi) is 5.00. The minimum atomic E-state index is -0.414. The molecule has 1 aromatic heterocycles. The van der Waals surface area contributed by atoms with E-state index in [1.54, 1.807) is 6.08 Å². The van der Waals surface area contributed by atoms with Crippen LogP contribution in [0.4, 0.5) is 10.1 Å². The number of nitrogens with one attached hydrogen (secondary N) is 3. The van der Waals surface area contributed by atoms with Crippen LogP contribution in [-0.4, -0.2) is 34.1 Å². The number of aliphatic hydroxyl groups is 1. The van der Waals surface area contributed by atoms with E-state index in [1.807, 2.05) is 13.8 Å². The number of aromatic nitrogens is 1. The van der Waals surface area contributed by atoms with Crippen LogP contribution in [0.2, 0.25) is 0 Å². The number of halogens is 1. The van der Waals surface area contributed by atoms with E-state index in [1.165, 1.54) is 18.2 Å². The molecule has 0 radical (unpaired) electrons. The number of amides is 2. The first-order chi connectivity index (χ1) is 13.8. The molecule has 1 fully saturated rings. The number of carbonyl (C=O) groups is 2. The molecule has 0 bridgehead atoms. The highest BCUT2D eigenvalue weighted by Gasteiger charge is 2.27.